The number of fused-ring (bicyclic) bond motifs is 1. The van der Waals surface area contributed by atoms with Crippen LogP contribution in [0.2, 0.25) is 0 Å². The summed E-state index contributed by atoms with van der Waals surface area (Å²) in [6.45, 7) is 2.13. The number of rotatable bonds is 3. The molecule has 1 nitrogen and oxygen atoms in total. The summed E-state index contributed by atoms with van der Waals surface area (Å²) < 4.78 is 0. The van der Waals surface area contributed by atoms with Crippen molar-refractivity contribution in [1.29, 1.82) is 0 Å². The van der Waals surface area contributed by atoms with E-state index in [9.17, 15) is 5.11 Å². The molecule has 1 aromatic carbocycles. The molecular weight excluding hydrogens is 196 g/mol. The van der Waals surface area contributed by atoms with Gasteiger partial charge >= 0.3 is 0 Å². The fourth-order valence-electron chi connectivity index (χ4n) is 3.65. The first-order chi connectivity index (χ1) is 7.77. The quantitative estimate of drug-likeness (QED) is 0.823. The van der Waals surface area contributed by atoms with Gasteiger partial charge in [0, 0.05) is 0 Å². The van der Waals surface area contributed by atoms with E-state index in [4.69, 9.17) is 0 Å². The highest BCUT2D eigenvalue weighted by Gasteiger charge is 2.55. The third-order valence-electron chi connectivity index (χ3n) is 4.61. The molecule has 2 fully saturated rings. The molecule has 0 bridgehead atoms. The predicted octanol–water partition coefficient (Wildman–Crippen LogP) is 2.94. The molecule has 3 unspecified atom stereocenters. The van der Waals surface area contributed by atoms with E-state index in [1.807, 2.05) is 0 Å². The van der Waals surface area contributed by atoms with Crippen LogP contribution in [-0.4, -0.2) is 11.2 Å². The first-order valence-corrected chi connectivity index (χ1v) is 6.50. The Morgan fingerprint density at radius 2 is 1.94 bits per heavy atom. The minimum absolute atomic E-state index is 0.101. The van der Waals surface area contributed by atoms with Gasteiger partial charge in [-0.3, -0.25) is 0 Å². The molecule has 1 aromatic rings. The van der Waals surface area contributed by atoms with Crippen LogP contribution in [0.25, 0.3) is 0 Å². The molecule has 3 atom stereocenters. The van der Waals surface area contributed by atoms with Crippen LogP contribution in [0.5, 0.6) is 0 Å². The second kappa shape index (κ2) is 3.89. The molecule has 2 saturated carbocycles. The second-order valence-corrected chi connectivity index (χ2v) is 5.53. The van der Waals surface area contributed by atoms with Gasteiger partial charge < -0.3 is 5.11 Å². The monoisotopic (exact) mass is 216 g/mol. The van der Waals surface area contributed by atoms with Crippen molar-refractivity contribution in [3.63, 3.8) is 0 Å². The Balaban J connectivity index is 1.65. The standard InChI is InChI=1S/C15H20O/c1-10-5-2-3-6-11(10)9-14(16)15-12-7-4-8-13(12)15/h2-3,5-6,12-16H,4,7-9H2,1H3. The zero-order chi connectivity index (χ0) is 11.1. The van der Waals surface area contributed by atoms with Gasteiger partial charge in [0.1, 0.15) is 0 Å². The lowest BCUT2D eigenvalue weighted by molar-refractivity contribution is 0.135. The van der Waals surface area contributed by atoms with Gasteiger partial charge in [-0.25, -0.2) is 0 Å². The molecule has 16 heavy (non-hydrogen) atoms. The molecule has 2 aliphatic carbocycles. The molecule has 0 heterocycles. The van der Waals surface area contributed by atoms with Gasteiger partial charge in [0.25, 0.3) is 0 Å². The second-order valence-electron chi connectivity index (χ2n) is 5.53. The van der Waals surface area contributed by atoms with Crippen LogP contribution in [-0.2, 0) is 6.42 Å². The van der Waals surface area contributed by atoms with E-state index in [1.165, 1.54) is 30.4 Å². The molecule has 0 radical (unpaired) electrons. The molecule has 0 aliphatic heterocycles. The summed E-state index contributed by atoms with van der Waals surface area (Å²) in [6.07, 6.45) is 4.87. The summed E-state index contributed by atoms with van der Waals surface area (Å²) in [5.74, 6) is 2.34. The maximum atomic E-state index is 10.3. The van der Waals surface area contributed by atoms with Crippen LogP contribution in [0.4, 0.5) is 0 Å². The zero-order valence-corrected chi connectivity index (χ0v) is 9.89. The lowest BCUT2D eigenvalue weighted by Crippen LogP contribution is -2.16. The average molecular weight is 216 g/mol. The van der Waals surface area contributed by atoms with Gasteiger partial charge in [0.15, 0.2) is 0 Å². The van der Waals surface area contributed by atoms with Crippen molar-refractivity contribution in [3.8, 4) is 0 Å². The Kier molecular flexibility index (Phi) is 2.51. The Hall–Kier alpha value is -0.820. The van der Waals surface area contributed by atoms with Crippen molar-refractivity contribution in [2.75, 3.05) is 0 Å². The highest BCUT2D eigenvalue weighted by molar-refractivity contribution is 5.26. The normalized spacial score (nSPS) is 33.5. The Morgan fingerprint density at radius 1 is 1.25 bits per heavy atom. The van der Waals surface area contributed by atoms with E-state index < -0.39 is 0 Å². The fraction of sp³-hybridized carbons (Fsp3) is 0.600. The van der Waals surface area contributed by atoms with E-state index >= 15 is 0 Å². The van der Waals surface area contributed by atoms with Gasteiger partial charge in [0.05, 0.1) is 6.10 Å². The number of aryl methyl sites for hydroxylation is 1. The topological polar surface area (TPSA) is 20.2 Å². The number of aliphatic hydroxyl groups excluding tert-OH is 1. The highest BCUT2D eigenvalue weighted by Crippen LogP contribution is 2.59. The summed E-state index contributed by atoms with van der Waals surface area (Å²) >= 11 is 0. The number of aliphatic hydroxyl groups is 1. The van der Waals surface area contributed by atoms with Gasteiger partial charge in [-0.05, 0) is 55.1 Å². The maximum absolute atomic E-state index is 10.3. The average Bonchev–Trinajstić information content (AvgIpc) is 2.76. The maximum Gasteiger partial charge on any atom is 0.0614 e. The molecule has 3 rings (SSSR count). The van der Waals surface area contributed by atoms with Crippen LogP contribution >= 0.6 is 0 Å². The number of hydrogen-bond acceptors (Lipinski definition) is 1. The van der Waals surface area contributed by atoms with Crippen LogP contribution in [0, 0.1) is 24.7 Å². The molecule has 0 saturated heterocycles. The molecule has 1 heteroatoms. The smallest absolute Gasteiger partial charge is 0.0614 e. The van der Waals surface area contributed by atoms with Crippen molar-refractivity contribution in [1.82, 2.24) is 0 Å². The summed E-state index contributed by atoms with van der Waals surface area (Å²) in [5, 5.41) is 10.3. The molecular formula is C15H20O. The lowest BCUT2D eigenvalue weighted by atomic mass is 9.97. The van der Waals surface area contributed by atoms with Crippen LogP contribution in [0.15, 0.2) is 24.3 Å². The molecule has 1 N–H and O–H groups in total. The SMILES string of the molecule is Cc1ccccc1CC(O)C1C2CCCC21. The minimum Gasteiger partial charge on any atom is -0.392 e. The molecule has 0 aromatic heterocycles. The fourth-order valence-corrected chi connectivity index (χ4v) is 3.65. The largest absolute Gasteiger partial charge is 0.392 e. The summed E-state index contributed by atoms with van der Waals surface area (Å²) in [4.78, 5) is 0. The predicted molar refractivity (Wildman–Crippen MR) is 65.2 cm³/mol. The Labute approximate surface area is 97.5 Å². The molecule has 2 aliphatic rings. The van der Waals surface area contributed by atoms with Crippen LogP contribution in [0.1, 0.15) is 30.4 Å². The van der Waals surface area contributed by atoms with Crippen molar-refractivity contribution < 1.29 is 5.11 Å². The molecule has 0 amide bonds. The van der Waals surface area contributed by atoms with E-state index in [1.54, 1.807) is 0 Å². The van der Waals surface area contributed by atoms with Crippen molar-refractivity contribution >= 4 is 0 Å². The van der Waals surface area contributed by atoms with Crippen molar-refractivity contribution in [3.05, 3.63) is 35.4 Å². The number of benzene rings is 1. The first-order valence-electron chi connectivity index (χ1n) is 6.50. The third-order valence-corrected chi connectivity index (χ3v) is 4.61. The van der Waals surface area contributed by atoms with E-state index in [0.29, 0.717) is 5.92 Å². The minimum atomic E-state index is -0.101. The Morgan fingerprint density at radius 3 is 2.62 bits per heavy atom. The molecule has 0 spiro atoms. The van der Waals surface area contributed by atoms with Crippen LogP contribution in [0.3, 0.4) is 0 Å². The lowest BCUT2D eigenvalue weighted by Gasteiger charge is -2.14. The summed E-state index contributed by atoms with van der Waals surface area (Å²) in [6, 6.07) is 8.42. The van der Waals surface area contributed by atoms with Crippen molar-refractivity contribution in [2.45, 2.75) is 38.7 Å². The van der Waals surface area contributed by atoms with Crippen LogP contribution < -0.4 is 0 Å². The van der Waals surface area contributed by atoms with Gasteiger partial charge in [0.2, 0.25) is 0 Å². The van der Waals surface area contributed by atoms with Gasteiger partial charge in [-0.15, -0.1) is 0 Å². The van der Waals surface area contributed by atoms with E-state index in [-0.39, 0.29) is 6.10 Å². The zero-order valence-electron chi connectivity index (χ0n) is 9.89. The van der Waals surface area contributed by atoms with Gasteiger partial charge in [-0.1, -0.05) is 30.7 Å². The molecule has 86 valence electrons. The highest BCUT2D eigenvalue weighted by atomic mass is 16.3. The summed E-state index contributed by atoms with van der Waals surface area (Å²) in [7, 11) is 0. The summed E-state index contributed by atoms with van der Waals surface area (Å²) in [5.41, 5.74) is 2.63. The Bertz CT molecular complexity index is 375. The van der Waals surface area contributed by atoms with Gasteiger partial charge in [-0.2, -0.15) is 0 Å². The van der Waals surface area contributed by atoms with Crippen molar-refractivity contribution in [2.24, 2.45) is 17.8 Å². The first kappa shape index (κ1) is 10.3. The van der Waals surface area contributed by atoms with E-state index in [0.717, 1.165) is 18.3 Å². The number of hydrogen-bond donors (Lipinski definition) is 1. The van der Waals surface area contributed by atoms with E-state index in [2.05, 4.69) is 31.2 Å². The third kappa shape index (κ3) is 1.67.